The van der Waals surface area contributed by atoms with Gasteiger partial charge in [0, 0.05) is 7.11 Å². The van der Waals surface area contributed by atoms with E-state index in [1.807, 2.05) is 7.11 Å². The molecule has 0 aromatic carbocycles. The molecule has 0 bridgehead atoms. The highest BCUT2D eigenvalue weighted by atomic mass is 16.5. The van der Waals surface area contributed by atoms with E-state index in [-0.39, 0.29) is 0 Å². The van der Waals surface area contributed by atoms with Gasteiger partial charge in [-0.1, -0.05) is 52.9 Å². The molecule has 0 aromatic rings. The molecule has 86 valence electrons. The second kappa shape index (κ2) is 9.51. The molecule has 0 spiro atoms. The summed E-state index contributed by atoms with van der Waals surface area (Å²) in [6.45, 7) is 6.83. The van der Waals surface area contributed by atoms with Crippen LogP contribution in [0.1, 0.15) is 65.7 Å². The second-order valence-corrected chi connectivity index (χ2v) is 4.68. The van der Waals surface area contributed by atoms with Crippen LogP contribution in [-0.2, 0) is 4.74 Å². The third-order valence-electron chi connectivity index (χ3n) is 2.77. The lowest BCUT2D eigenvalue weighted by Gasteiger charge is -2.14. The van der Waals surface area contributed by atoms with Gasteiger partial charge in [-0.25, -0.2) is 0 Å². The number of hydrogen-bond donors (Lipinski definition) is 0. The maximum Gasteiger partial charge on any atom is 0.0571 e. The summed E-state index contributed by atoms with van der Waals surface area (Å²) >= 11 is 0. The molecule has 0 saturated heterocycles. The van der Waals surface area contributed by atoms with Crippen molar-refractivity contribution < 1.29 is 4.74 Å². The average Bonchev–Trinajstić information content (AvgIpc) is 2.16. The lowest BCUT2D eigenvalue weighted by Crippen LogP contribution is -2.10. The van der Waals surface area contributed by atoms with Crippen molar-refractivity contribution in [3.8, 4) is 0 Å². The molecule has 0 amide bonds. The zero-order valence-corrected chi connectivity index (χ0v) is 10.5. The van der Waals surface area contributed by atoms with Crippen LogP contribution >= 0.6 is 0 Å². The van der Waals surface area contributed by atoms with E-state index in [0.29, 0.717) is 6.10 Å². The van der Waals surface area contributed by atoms with Gasteiger partial charge in [-0.3, -0.25) is 0 Å². The Morgan fingerprint density at radius 2 is 1.50 bits per heavy atom. The standard InChI is InChI=1S/C13H28O/c1-5-6-10-13(14-4)11-8-7-9-12(2)3/h12-13H,5-11H2,1-4H3/t13-/m1/s1. The van der Waals surface area contributed by atoms with Crippen molar-refractivity contribution in [2.24, 2.45) is 5.92 Å². The van der Waals surface area contributed by atoms with Crippen molar-refractivity contribution in [3.05, 3.63) is 0 Å². The molecule has 1 nitrogen and oxygen atoms in total. The molecule has 0 N–H and O–H groups in total. The number of rotatable bonds is 9. The second-order valence-electron chi connectivity index (χ2n) is 4.68. The summed E-state index contributed by atoms with van der Waals surface area (Å²) in [5.41, 5.74) is 0. The molecule has 0 aliphatic heterocycles. The molecule has 0 radical (unpaired) electrons. The van der Waals surface area contributed by atoms with Crippen LogP contribution < -0.4 is 0 Å². The Morgan fingerprint density at radius 3 is 2.00 bits per heavy atom. The SMILES string of the molecule is CCCC[C@H](CCCCC(C)C)OC. The molecule has 0 aliphatic carbocycles. The van der Waals surface area contributed by atoms with Crippen LogP contribution in [0.5, 0.6) is 0 Å². The maximum absolute atomic E-state index is 5.46. The van der Waals surface area contributed by atoms with Gasteiger partial charge in [0.05, 0.1) is 6.10 Å². The van der Waals surface area contributed by atoms with E-state index in [1.165, 1.54) is 44.9 Å². The molecule has 14 heavy (non-hydrogen) atoms. The van der Waals surface area contributed by atoms with Crippen molar-refractivity contribution in [3.63, 3.8) is 0 Å². The van der Waals surface area contributed by atoms with E-state index in [0.717, 1.165) is 5.92 Å². The monoisotopic (exact) mass is 200 g/mol. The topological polar surface area (TPSA) is 9.23 Å². The van der Waals surface area contributed by atoms with E-state index >= 15 is 0 Å². The minimum absolute atomic E-state index is 0.516. The molecule has 1 heteroatoms. The van der Waals surface area contributed by atoms with E-state index in [4.69, 9.17) is 4.74 Å². The highest BCUT2D eigenvalue weighted by Gasteiger charge is 2.06. The Balaban J connectivity index is 3.33. The van der Waals surface area contributed by atoms with Crippen LogP contribution in [-0.4, -0.2) is 13.2 Å². The number of hydrogen-bond acceptors (Lipinski definition) is 1. The first-order chi connectivity index (χ1) is 6.70. The Hall–Kier alpha value is -0.0400. The van der Waals surface area contributed by atoms with Gasteiger partial charge in [0.25, 0.3) is 0 Å². The normalized spacial score (nSPS) is 13.5. The predicted molar refractivity (Wildman–Crippen MR) is 63.6 cm³/mol. The minimum atomic E-state index is 0.516. The van der Waals surface area contributed by atoms with E-state index in [9.17, 15) is 0 Å². The molecule has 0 fully saturated rings. The van der Waals surface area contributed by atoms with Crippen LogP contribution in [0.4, 0.5) is 0 Å². The minimum Gasteiger partial charge on any atom is -0.381 e. The van der Waals surface area contributed by atoms with Crippen molar-refractivity contribution in [2.75, 3.05) is 7.11 Å². The fraction of sp³-hybridized carbons (Fsp3) is 1.00. The summed E-state index contributed by atoms with van der Waals surface area (Å²) in [6, 6.07) is 0. The van der Waals surface area contributed by atoms with Gasteiger partial charge < -0.3 is 4.74 Å². The third-order valence-corrected chi connectivity index (χ3v) is 2.77. The van der Waals surface area contributed by atoms with Crippen LogP contribution in [0.3, 0.4) is 0 Å². The van der Waals surface area contributed by atoms with Crippen LogP contribution in [0, 0.1) is 5.92 Å². The summed E-state index contributed by atoms with van der Waals surface area (Å²) < 4.78 is 5.46. The van der Waals surface area contributed by atoms with E-state index in [1.54, 1.807) is 0 Å². The zero-order valence-electron chi connectivity index (χ0n) is 10.5. The first kappa shape index (κ1) is 14.0. The Labute approximate surface area is 90.2 Å². The fourth-order valence-corrected chi connectivity index (χ4v) is 1.74. The summed E-state index contributed by atoms with van der Waals surface area (Å²) in [5.74, 6) is 0.853. The van der Waals surface area contributed by atoms with Gasteiger partial charge in [-0.15, -0.1) is 0 Å². The summed E-state index contributed by atoms with van der Waals surface area (Å²) in [4.78, 5) is 0. The lowest BCUT2D eigenvalue weighted by molar-refractivity contribution is 0.0834. The molecule has 0 aliphatic rings. The largest absolute Gasteiger partial charge is 0.381 e. The number of ether oxygens (including phenoxy) is 1. The zero-order chi connectivity index (χ0) is 10.8. The number of unbranched alkanes of at least 4 members (excludes halogenated alkanes) is 2. The highest BCUT2D eigenvalue weighted by Crippen LogP contribution is 2.14. The van der Waals surface area contributed by atoms with Gasteiger partial charge in [0.1, 0.15) is 0 Å². The molecule has 0 heterocycles. The van der Waals surface area contributed by atoms with Crippen molar-refractivity contribution in [1.82, 2.24) is 0 Å². The maximum atomic E-state index is 5.46. The first-order valence-corrected chi connectivity index (χ1v) is 6.23. The van der Waals surface area contributed by atoms with Crippen molar-refractivity contribution in [1.29, 1.82) is 0 Å². The Kier molecular flexibility index (Phi) is 9.49. The summed E-state index contributed by atoms with van der Waals surface area (Å²) in [5, 5.41) is 0. The average molecular weight is 200 g/mol. The van der Waals surface area contributed by atoms with E-state index in [2.05, 4.69) is 20.8 Å². The van der Waals surface area contributed by atoms with Crippen LogP contribution in [0.25, 0.3) is 0 Å². The van der Waals surface area contributed by atoms with Gasteiger partial charge >= 0.3 is 0 Å². The van der Waals surface area contributed by atoms with Gasteiger partial charge in [-0.05, 0) is 18.8 Å². The van der Waals surface area contributed by atoms with Gasteiger partial charge in [0.15, 0.2) is 0 Å². The quantitative estimate of drug-likeness (QED) is 0.501. The molecular weight excluding hydrogens is 172 g/mol. The molecule has 0 unspecified atom stereocenters. The molecule has 0 aromatic heterocycles. The Morgan fingerprint density at radius 1 is 0.929 bits per heavy atom. The molecule has 0 saturated carbocycles. The number of methoxy groups -OCH3 is 1. The fourth-order valence-electron chi connectivity index (χ4n) is 1.74. The van der Waals surface area contributed by atoms with Gasteiger partial charge in [0.2, 0.25) is 0 Å². The van der Waals surface area contributed by atoms with Crippen molar-refractivity contribution in [2.45, 2.75) is 71.8 Å². The van der Waals surface area contributed by atoms with E-state index < -0.39 is 0 Å². The lowest BCUT2D eigenvalue weighted by atomic mass is 10.0. The Bertz CT molecular complexity index is 110. The highest BCUT2D eigenvalue weighted by molar-refractivity contribution is 4.58. The molecular formula is C13H28O. The van der Waals surface area contributed by atoms with Crippen LogP contribution in [0.2, 0.25) is 0 Å². The van der Waals surface area contributed by atoms with Crippen LogP contribution in [0.15, 0.2) is 0 Å². The summed E-state index contributed by atoms with van der Waals surface area (Å²) in [6.07, 6.45) is 9.67. The summed E-state index contributed by atoms with van der Waals surface area (Å²) in [7, 11) is 1.85. The van der Waals surface area contributed by atoms with Crippen molar-refractivity contribution >= 4 is 0 Å². The first-order valence-electron chi connectivity index (χ1n) is 6.23. The predicted octanol–water partition coefficient (Wildman–Crippen LogP) is 4.41. The molecule has 1 atom stereocenters. The third kappa shape index (κ3) is 8.55. The molecule has 0 rings (SSSR count). The van der Waals surface area contributed by atoms with Gasteiger partial charge in [-0.2, -0.15) is 0 Å². The smallest absolute Gasteiger partial charge is 0.0571 e.